The summed E-state index contributed by atoms with van der Waals surface area (Å²) in [7, 11) is 0. The molecule has 24 heavy (non-hydrogen) atoms. The summed E-state index contributed by atoms with van der Waals surface area (Å²) in [6, 6.07) is 13.9. The molecule has 0 atom stereocenters. The summed E-state index contributed by atoms with van der Waals surface area (Å²) < 4.78 is 0. The van der Waals surface area contributed by atoms with Gasteiger partial charge in [0.25, 0.3) is 0 Å². The Hall–Kier alpha value is -1.41. The molecular formula is C22H29NS. The molecule has 0 N–H and O–H groups in total. The second kappa shape index (κ2) is 5.84. The molecule has 0 unspecified atom stereocenters. The van der Waals surface area contributed by atoms with Crippen molar-refractivity contribution in [1.82, 2.24) is 0 Å². The van der Waals surface area contributed by atoms with Gasteiger partial charge < -0.3 is 4.90 Å². The predicted octanol–water partition coefficient (Wildman–Crippen LogP) is 6.90. The van der Waals surface area contributed by atoms with Crippen LogP contribution in [0.4, 0.5) is 11.4 Å². The average Bonchev–Trinajstić information content (AvgIpc) is 2.49. The molecule has 0 saturated heterocycles. The second-order valence-electron chi connectivity index (χ2n) is 8.71. The Labute approximate surface area is 151 Å². The van der Waals surface area contributed by atoms with Gasteiger partial charge in [0.1, 0.15) is 0 Å². The summed E-state index contributed by atoms with van der Waals surface area (Å²) in [6.07, 6.45) is 0. The molecule has 2 aromatic carbocycles. The van der Waals surface area contributed by atoms with Gasteiger partial charge in [-0.15, -0.1) is 0 Å². The fraction of sp³-hybridized carbons (Fsp3) is 0.455. The van der Waals surface area contributed by atoms with Crippen LogP contribution in [0, 0.1) is 0 Å². The lowest BCUT2D eigenvalue weighted by molar-refractivity contribution is 0.588. The van der Waals surface area contributed by atoms with Crippen LogP contribution < -0.4 is 4.90 Å². The maximum Gasteiger partial charge on any atom is 0.0552 e. The number of anilines is 2. The van der Waals surface area contributed by atoms with Gasteiger partial charge in [-0.25, -0.2) is 0 Å². The first kappa shape index (κ1) is 17.4. The maximum absolute atomic E-state index is 2.44. The van der Waals surface area contributed by atoms with Crippen molar-refractivity contribution >= 4 is 23.1 Å². The van der Waals surface area contributed by atoms with Crippen molar-refractivity contribution in [2.45, 2.75) is 69.1 Å². The molecule has 0 aliphatic carbocycles. The molecule has 128 valence electrons. The first-order valence-corrected chi connectivity index (χ1v) is 9.67. The highest BCUT2D eigenvalue weighted by Gasteiger charge is 2.26. The molecule has 0 aromatic heterocycles. The van der Waals surface area contributed by atoms with E-state index in [1.165, 1.54) is 32.3 Å². The van der Waals surface area contributed by atoms with Crippen LogP contribution in [-0.2, 0) is 10.8 Å². The van der Waals surface area contributed by atoms with Crippen LogP contribution in [0.15, 0.2) is 46.2 Å². The lowest BCUT2D eigenvalue weighted by Crippen LogP contribution is -2.22. The standard InChI is InChI=1S/C22H29NS/c1-8-23-17-11-9-15(21(2,3)4)13-19(17)24-20-14-16(22(5,6)7)10-12-18(20)23/h9-14H,8H2,1-7H3. The van der Waals surface area contributed by atoms with Crippen molar-refractivity contribution < 1.29 is 0 Å². The van der Waals surface area contributed by atoms with E-state index in [4.69, 9.17) is 0 Å². The minimum Gasteiger partial charge on any atom is -0.340 e. The molecule has 1 heterocycles. The van der Waals surface area contributed by atoms with Crippen molar-refractivity contribution in [2.24, 2.45) is 0 Å². The highest BCUT2D eigenvalue weighted by Crippen LogP contribution is 2.49. The van der Waals surface area contributed by atoms with E-state index >= 15 is 0 Å². The SMILES string of the molecule is CCN1c2ccc(C(C)(C)C)cc2Sc2cc(C(C)(C)C)ccc21. The number of benzene rings is 2. The van der Waals surface area contributed by atoms with Gasteiger partial charge in [0.2, 0.25) is 0 Å². The van der Waals surface area contributed by atoms with Crippen molar-refractivity contribution in [2.75, 3.05) is 11.4 Å². The highest BCUT2D eigenvalue weighted by atomic mass is 32.2. The molecule has 1 aliphatic rings. The first-order valence-electron chi connectivity index (χ1n) is 8.85. The summed E-state index contributed by atoms with van der Waals surface area (Å²) in [5.41, 5.74) is 5.85. The zero-order valence-corrected chi connectivity index (χ0v) is 16.8. The number of rotatable bonds is 1. The fourth-order valence-corrected chi connectivity index (χ4v) is 4.33. The third kappa shape index (κ3) is 3.09. The smallest absolute Gasteiger partial charge is 0.0552 e. The van der Waals surface area contributed by atoms with Crippen LogP contribution in [0.2, 0.25) is 0 Å². The van der Waals surface area contributed by atoms with E-state index in [-0.39, 0.29) is 10.8 Å². The fourth-order valence-electron chi connectivity index (χ4n) is 3.16. The Morgan fingerprint density at radius 2 is 1.17 bits per heavy atom. The van der Waals surface area contributed by atoms with Gasteiger partial charge in [0.05, 0.1) is 11.4 Å². The van der Waals surface area contributed by atoms with E-state index < -0.39 is 0 Å². The molecule has 0 saturated carbocycles. The van der Waals surface area contributed by atoms with E-state index in [0.29, 0.717) is 0 Å². The van der Waals surface area contributed by atoms with Crippen LogP contribution >= 0.6 is 11.8 Å². The van der Waals surface area contributed by atoms with Crippen molar-refractivity contribution in [3.63, 3.8) is 0 Å². The number of nitrogens with zero attached hydrogens (tertiary/aromatic N) is 1. The molecule has 1 aliphatic heterocycles. The lowest BCUT2D eigenvalue weighted by Gasteiger charge is -2.34. The highest BCUT2D eigenvalue weighted by molar-refractivity contribution is 7.99. The van der Waals surface area contributed by atoms with Crippen molar-refractivity contribution in [3.05, 3.63) is 47.5 Å². The van der Waals surface area contributed by atoms with Crippen molar-refractivity contribution in [3.8, 4) is 0 Å². The number of hydrogen-bond donors (Lipinski definition) is 0. The summed E-state index contributed by atoms with van der Waals surface area (Å²) in [5, 5.41) is 0. The molecule has 0 radical (unpaired) electrons. The molecular weight excluding hydrogens is 310 g/mol. The van der Waals surface area contributed by atoms with E-state index in [2.05, 4.69) is 89.8 Å². The minimum absolute atomic E-state index is 0.181. The zero-order chi connectivity index (χ0) is 17.7. The molecule has 2 heteroatoms. The second-order valence-corrected chi connectivity index (χ2v) is 9.80. The van der Waals surface area contributed by atoms with Gasteiger partial charge in [-0.1, -0.05) is 65.4 Å². The van der Waals surface area contributed by atoms with Gasteiger partial charge in [-0.3, -0.25) is 0 Å². The third-order valence-corrected chi connectivity index (χ3v) is 5.86. The molecule has 2 aromatic rings. The average molecular weight is 340 g/mol. The quantitative estimate of drug-likeness (QED) is 0.555. The third-order valence-electron chi connectivity index (χ3n) is 4.77. The largest absolute Gasteiger partial charge is 0.340 e. The Morgan fingerprint density at radius 1 is 0.750 bits per heavy atom. The van der Waals surface area contributed by atoms with E-state index in [0.717, 1.165) is 6.54 Å². The Morgan fingerprint density at radius 3 is 1.50 bits per heavy atom. The van der Waals surface area contributed by atoms with Crippen LogP contribution in [-0.4, -0.2) is 6.54 Å². The van der Waals surface area contributed by atoms with Crippen LogP contribution in [0.25, 0.3) is 0 Å². The lowest BCUT2D eigenvalue weighted by atomic mass is 9.86. The van der Waals surface area contributed by atoms with Crippen molar-refractivity contribution in [1.29, 1.82) is 0 Å². The Bertz CT molecular complexity index is 699. The molecule has 0 spiro atoms. The maximum atomic E-state index is 2.44. The predicted molar refractivity (Wildman–Crippen MR) is 107 cm³/mol. The summed E-state index contributed by atoms with van der Waals surface area (Å²) >= 11 is 1.92. The Kier molecular flexibility index (Phi) is 4.24. The van der Waals surface area contributed by atoms with Gasteiger partial charge in [-0.05, 0) is 53.1 Å². The van der Waals surface area contributed by atoms with E-state index in [1.807, 2.05) is 11.8 Å². The normalized spacial score (nSPS) is 14.4. The summed E-state index contributed by atoms with van der Waals surface area (Å²) in [4.78, 5) is 5.20. The van der Waals surface area contributed by atoms with Crippen LogP contribution in [0.3, 0.4) is 0 Å². The number of fused-ring (bicyclic) bond motifs is 2. The molecule has 0 amide bonds. The van der Waals surface area contributed by atoms with E-state index in [9.17, 15) is 0 Å². The minimum atomic E-state index is 0.181. The van der Waals surface area contributed by atoms with Crippen LogP contribution in [0.5, 0.6) is 0 Å². The molecule has 0 fully saturated rings. The Balaban J connectivity index is 2.11. The topological polar surface area (TPSA) is 3.24 Å². The molecule has 0 bridgehead atoms. The first-order chi connectivity index (χ1) is 11.1. The zero-order valence-electron chi connectivity index (χ0n) is 16.0. The van der Waals surface area contributed by atoms with Crippen LogP contribution in [0.1, 0.15) is 59.6 Å². The van der Waals surface area contributed by atoms with Gasteiger partial charge in [0.15, 0.2) is 0 Å². The van der Waals surface area contributed by atoms with Gasteiger partial charge in [0, 0.05) is 16.3 Å². The summed E-state index contributed by atoms with van der Waals surface area (Å²) in [6.45, 7) is 16.9. The van der Waals surface area contributed by atoms with Gasteiger partial charge >= 0.3 is 0 Å². The molecule has 3 rings (SSSR count). The monoisotopic (exact) mass is 339 g/mol. The van der Waals surface area contributed by atoms with Gasteiger partial charge in [-0.2, -0.15) is 0 Å². The van der Waals surface area contributed by atoms with E-state index in [1.54, 1.807) is 0 Å². The molecule has 1 nitrogen and oxygen atoms in total. The summed E-state index contributed by atoms with van der Waals surface area (Å²) in [5.74, 6) is 0. The number of hydrogen-bond acceptors (Lipinski definition) is 2.